The third-order valence-electron chi connectivity index (χ3n) is 4.64. The first-order valence-electron chi connectivity index (χ1n) is 9.37. The number of fused-ring (bicyclic) bond motifs is 1. The van der Waals surface area contributed by atoms with Gasteiger partial charge >= 0.3 is 5.97 Å². The molecule has 1 unspecified atom stereocenters. The lowest BCUT2D eigenvalue weighted by Gasteiger charge is -2.16. The van der Waals surface area contributed by atoms with Gasteiger partial charge in [0, 0.05) is 0 Å². The van der Waals surface area contributed by atoms with Crippen LogP contribution in [0.5, 0.6) is 11.6 Å². The average molecular weight is 445 g/mol. The molecule has 8 nitrogen and oxygen atoms in total. The van der Waals surface area contributed by atoms with Gasteiger partial charge in [0.1, 0.15) is 17.0 Å². The smallest absolute Gasteiger partial charge is 0.339 e. The molecule has 1 heterocycles. The molecule has 0 aliphatic heterocycles. The zero-order valence-electron chi connectivity index (χ0n) is 16.4. The fraction of sp³-hybridized carbons (Fsp3) is 0.0435. The number of nitrogens with zero attached hydrogens (tertiary/aromatic N) is 3. The zero-order chi connectivity index (χ0) is 22.7. The fourth-order valence-corrected chi connectivity index (χ4v) is 4.50. The number of sulfone groups is 1. The van der Waals surface area contributed by atoms with Crippen LogP contribution in [0.25, 0.3) is 11.0 Å². The molecule has 4 rings (SSSR count). The lowest BCUT2D eigenvalue weighted by atomic mass is 10.2. The highest BCUT2D eigenvalue weighted by atomic mass is 32.2. The van der Waals surface area contributed by atoms with Crippen LogP contribution >= 0.6 is 0 Å². The topological polar surface area (TPSA) is 130 Å². The van der Waals surface area contributed by atoms with E-state index < -0.39 is 21.1 Å². The minimum Gasteiger partial charge on any atom is -0.478 e. The Balaban J connectivity index is 1.92. The van der Waals surface area contributed by atoms with E-state index in [1.54, 1.807) is 54.6 Å². The summed E-state index contributed by atoms with van der Waals surface area (Å²) < 4.78 is 32.2. The summed E-state index contributed by atoms with van der Waals surface area (Å²) in [6, 6.07) is 21.9. The summed E-state index contributed by atoms with van der Waals surface area (Å²) in [6.07, 6.45) is 0. The molecule has 0 aliphatic carbocycles. The van der Waals surface area contributed by atoms with E-state index in [0.29, 0.717) is 11.0 Å². The van der Waals surface area contributed by atoms with Crippen molar-refractivity contribution in [1.29, 1.82) is 5.26 Å². The number of carboxylic acid groups (broad SMARTS) is 1. The van der Waals surface area contributed by atoms with Gasteiger partial charge in [-0.25, -0.2) is 23.2 Å². The second-order valence-electron chi connectivity index (χ2n) is 6.67. The van der Waals surface area contributed by atoms with Crippen molar-refractivity contribution in [3.63, 3.8) is 0 Å². The summed E-state index contributed by atoms with van der Waals surface area (Å²) in [7, 11) is -4.17. The molecule has 4 aromatic rings. The van der Waals surface area contributed by atoms with E-state index in [1.165, 1.54) is 30.3 Å². The van der Waals surface area contributed by atoms with E-state index >= 15 is 0 Å². The van der Waals surface area contributed by atoms with Crippen LogP contribution in [0, 0.1) is 11.3 Å². The van der Waals surface area contributed by atoms with Crippen molar-refractivity contribution in [1.82, 2.24) is 9.97 Å². The summed E-state index contributed by atoms with van der Waals surface area (Å²) in [5.74, 6) is -1.55. The Labute approximate surface area is 183 Å². The van der Waals surface area contributed by atoms with Crippen LogP contribution in [-0.4, -0.2) is 29.5 Å². The number of carbonyl (C=O) groups is 1. The van der Waals surface area contributed by atoms with Crippen LogP contribution in [0.4, 0.5) is 0 Å². The Morgan fingerprint density at radius 3 is 2.16 bits per heavy atom. The Bertz CT molecular complexity index is 1460. The molecule has 0 aliphatic rings. The maximum Gasteiger partial charge on any atom is 0.339 e. The lowest BCUT2D eigenvalue weighted by molar-refractivity contribution is 0.0694. The number of ether oxygens (including phenoxy) is 1. The highest BCUT2D eigenvalue weighted by molar-refractivity contribution is 7.92. The van der Waals surface area contributed by atoms with Crippen LogP contribution in [0.1, 0.15) is 21.3 Å². The molecule has 0 radical (unpaired) electrons. The molecule has 9 heteroatoms. The van der Waals surface area contributed by atoms with Gasteiger partial charge < -0.3 is 9.84 Å². The molecule has 158 valence electrons. The first kappa shape index (κ1) is 21.0. The van der Waals surface area contributed by atoms with Gasteiger partial charge in [0.25, 0.3) is 0 Å². The monoisotopic (exact) mass is 445 g/mol. The van der Waals surface area contributed by atoms with E-state index in [-0.39, 0.29) is 27.8 Å². The summed E-state index contributed by atoms with van der Waals surface area (Å²) >= 11 is 0. The normalized spacial score (nSPS) is 12.1. The van der Waals surface area contributed by atoms with Crippen LogP contribution in [0.2, 0.25) is 0 Å². The van der Waals surface area contributed by atoms with Gasteiger partial charge in [0.05, 0.1) is 22.0 Å². The third kappa shape index (κ3) is 3.87. The number of nitriles is 1. The molecule has 0 bridgehead atoms. The second-order valence-corrected chi connectivity index (χ2v) is 8.71. The molecule has 0 saturated carbocycles. The van der Waals surface area contributed by atoms with Crippen molar-refractivity contribution < 1.29 is 23.1 Å². The number of benzene rings is 3. The van der Waals surface area contributed by atoms with Gasteiger partial charge in [-0.2, -0.15) is 5.26 Å². The quantitative estimate of drug-likeness (QED) is 0.468. The maximum atomic E-state index is 13.2. The molecule has 1 aromatic heterocycles. The molecule has 1 N–H and O–H groups in total. The maximum absolute atomic E-state index is 13.2. The lowest BCUT2D eigenvalue weighted by Crippen LogP contribution is -2.15. The van der Waals surface area contributed by atoms with Crippen LogP contribution in [-0.2, 0) is 9.84 Å². The van der Waals surface area contributed by atoms with E-state index in [0.717, 1.165) is 0 Å². The van der Waals surface area contributed by atoms with Gasteiger partial charge in [0.2, 0.25) is 15.7 Å². The first-order valence-corrected chi connectivity index (χ1v) is 10.9. The van der Waals surface area contributed by atoms with Gasteiger partial charge in [-0.05, 0) is 36.4 Å². The van der Waals surface area contributed by atoms with Crippen molar-refractivity contribution >= 4 is 26.8 Å². The molecule has 1 atom stereocenters. The predicted molar refractivity (Wildman–Crippen MR) is 115 cm³/mol. The molecule has 0 fully saturated rings. The largest absolute Gasteiger partial charge is 0.478 e. The SMILES string of the molecule is N#CC(c1nc2ccccc2nc1Oc1ccccc1C(=O)O)S(=O)(=O)c1ccccc1. The van der Waals surface area contributed by atoms with Crippen molar-refractivity contribution in [2.75, 3.05) is 0 Å². The van der Waals surface area contributed by atoms with Crippen LogP contribution < -0.4 is 4.74 Å². The van der Waals surface area contributed by atoms with Crippen LogP contribution in [0.15, 0.2) is 83.8 Å². The minimum absolute atomic E-state index is 0.0559. The number of para-hydroxylation sites is 3. The zero-order valence-corrected chi connectivity index (χ0v) is 17.2. The molecular formula is C23H15N3O5S. The van der Waals surface area contributed by atoms with Gasteiger partial charge in [-0.1, -0.05) is 42.5 Å². The van der Waals surface area contributed by atoms with Crippen LogP contribution in [0.3, 0.4) is 0 Å². The van der Waals surface area contributed by atoms with Gasteiger partial charge in [-0.3, -0.25) is 0 Å². The van der Waals surface area contributed by atoms with E-state index in [1.807, 2.05) is 0 Å². The number of hydrogen-bond donors (Lipinski definition) is 1. The minimum atomic E-state index is -4.17. The molecule has 0 spiro atoms. The Kier molecular flexibility index (Phi) is 5.54. The summed E-state index contributed by atoms with van der Waals surface area (Å²) in [5, 5.41) is 17.6. The van der Waals surface area contributed by atoms with Gasteiger partial charge in [0.15, 0.2) is 5.25 Å². The molecular weight excluding hydrogens is 430 g/mol. The van der Waals surface area contributed by atoms with Crippen molar-refractivity contribution in [3.05, 3.63) is 90.1 Å². The Hall–Kier alpha value is -4.29. The number of aromatic carboxylic acids is 1. The number of rotatable bonds is 6. The highest BCUT2D eigenvalue weighted by Crippen LogP contribution is 2.36. The standard InChI is InChI=1S/C23H15N3O5S/c24-14-20(32(29,30)15-8-2-1-3-9-15)21-22(26-18-12-6-5-11-17(18)25-21)31-19-13-7-4-10-16(19)23(27)28/h1-13,20H,(H,27,28). The Morgan fingerprint density at radius 2 is 1.50 bits per heavy atom. The number of hydrogen-bond acceptors (Lipinski definition) is 7. The Morgan fingerprint density at radius 1 is 0.906 bits per heavy atom. The van der Waals surface area contributed by atoms with Crippen molar-refractivity contribution in [3.8, 4) is 17.7 Å². The summed E-state index contributed by atoms with van der Waals surface area (Å²) in [5.41, 5.74) is 0.390. The highest BCUT2D eigenvalue weighted by Gasteiger charge is 2.34. The van der Waals surface area contributed by atoms with Crippen molar-refractivity contribution in [2.45, 2.75) is 10.1 Å². The third-order valence-corrected chi connectivity index (χ3v) is 6.51. The predicted octanol–water partition coefficient (Wildman–Crippen LogP) is 4.16. The number of carboxylic acids is 1. The molecule has 0 amide bonds. The number of aromatic nitrogens is 2. The molecule has 32 heavy (non-hydrogen) atoms. The van der Waals surface area contributed by atoms with E-state index in [4.69, 9.17) is 4.74 Å². The molecule has 3 aromatic carbocycles. The fourth-order valence-electron chi connectivity index (χ4n) is 3.10. The average Bonchev–Trinajstić information content (AvgIpc) is 2.80. The van der Waals surface area contributed by atoms with E-state index in [2.05, 4.69) is 9.97 Å². The van der Waals surface area contributed by atoms with Crippen molar-refractivity contribution in [2.24, 2.45) is 0 Å². The van der Waals surface area contributed by atoms with Gasteiger partial charge in [-0.15, -0.1) is 0 Å². The second kappa shape index (κ2) is 8.45. The first-order chi connectivity index (χ1) is 15.4. The summed E-state index contributed by atoms with van der Waals surface area (Å²) in [6.45, 7) is 0. The molecule has 0 saturated heterocycles. The summed E-state index contributed by atoms with van der Waals surface area (Å²) in [4.78, 5) is 20.2. The van der Waals surface area contributed by atoms with E-state index in [9.17, 15) is 23.6 Å².